The Balaban J connectivity index is 4.46. The van der Waals surface area contributed by atoms with Crippen molar-refractivity contribution >= 4 is 0 Å². The summed E-state index contributed by atoms with van der Waals surface area (Å²) in [6.07, 6.45) is 18.5. The molecule has 0 aromatic rings. The predicted molar refractivity (Wildman–Crippen MR) is 103 cm³/mol. The Morgan fingerprint density at radius 3 is 1.27 bits per heavy atom. The molecule has 22 heavy (non-hydrogen) atoms. The Morgan fingerprint density at radius 1 is 0.636 bits per heavy atom. The van der Waals surface area contributed by atoms with E-state index >= 15 is 0 Å². The molecule has 0 aliphatic heterocycles. The van der Waals surface area contributed by atoms with Gasteiger partial charge in [0.15, 0.2) is 0 Å². The molecule has 0 rings (SSSR count). The maximum atomic E-state index is 2.43. The van der Waals surface area contributed by atoms with Crippen LogP contribution in [-0.2, 0) is 0 Å². The molecule has 130 valence electrons. The highest BCUT2D eigenvalue weighted by Gasteiger charge is 2.17. The fourth-order valence-electron chi connectivity index (χ4n) is 3.54. The van der Waals surface area contributed by atoms with Crippen molar-refractivity contribution in [3.63, 3.8) is 0 Å². The normalized spacial score (nSPS) is 15.9. The quantitative estimate of drug-likeness (QED) is 0.238. The molecule has 0 heteroatoms. The molecule has 0 saturated carbocycles. The lowest BCUT2D eigenvalue weighted by Crippen LogP contribution is -2.09. The van der Waals surface area contributed by atoms with Gasteiger partial charge in [0.05, 0.1) is 0 Å². The van der Waals surface area contributed by atoms with Crippen LogP contribution >= 0.6 is 0 Å². The summed E-state index contributed by atoms with van der Waals surface area (Å²) in [6.45, 7) is 13.9. The molecule has 0 spiro atoms. The standard InChI is InChI=1S/C22H42/c1-7-11-13-15-17-19(5)21(9-3)22(10-4)20(6)18-16-14-12-8-2/h9-10,19-20H,7-8,11-18H2,1-6H3. The van der Waals surface area contributed by atoms with E-state index in [4.69, 9.17) is 0 Å². The second-order valence-electron chi connectivity index (χ2n) is 6.99. The van der Waals surface area contributed by atoms with Crippen molar-refractivity contribution in [2.45, 2.75) is 106 Å². The molecule has 0 heterocycles. The van der Waals surface area contributed by atoms with Gasteiger partial charge >= 0.3 is 0 Å². The lowest BCUT2D eigenvalue weighted by Gasteiger charge is -2.24. The second-order valence-corrected chi connectivity index (χ2v) is 6.99. The van der Waals surface area contributed by atoms with Crippen molar-refractivity contribution in [2.75, 3.05) is 0 Å². The molecule has 0 aromatic carbocycles. The van der Waals surface area contributed by atoms with E-state index in [9.17, 15) is 0 Å². The van der Waals surface area contributed by atoms with E-state index in [1.54, 1.807) is 11.1 Å². The minimum absolute atomic E-state index is 0.714. The number of hydrogen-bond acceptors (Lipinski definition) is 0. The Labute approximate surface area is 141 Å². The highest BCUT2D eigenvalue weighted by atomic mass is 14.2. The predicted octanol–water partition coefficient (Wildman–Crippen LogP) is 8.09. The van der Waals surface area contributed by atoms with E-state index < -0.39 is 0 Å². The second kappa shape index (κ2) is 14.1. The van der Waals surface area contributed by atoms with Gasteiger partial charge in [-0.15, -0.1) is 0 Å². The molecule has 2 unspecified atom stereocenters. The van der Waals surface area contributed by atoms with Crippen molar-refractivity contribution in [2.24, 2.45) is 11.8 Å². The molecule has 0 radical (unpaired) electrons. The van der Waals surface area contributed by atoms with Crippen LogP contribution in [0, 0.1) is 11.8 Å². The molecule has 0 bridgehead atoms. The van der Waals surface area contributed by atoms with Crippen molar-refractivity contribution in [1.29, 1.82) is 0 Å². The van der Waals surface area contributed by atoms with Gasteiger partial charge in [0.2, 0.25) is 0 Å². The highest BCUT2D eigenvalue weighted by Crippen LogP contribution is 2.32. The minimum Gasteiger partial charge on any atom is -0.0839 e. The third-order valence-electron chi connectivity index (χ3n) is 5.00. The summed E-state index contributed by atoms with van der Waals surface area (Å²) >= 11 is 0. The molecule has 0 aliphatic rings. The van der Waals surface area contributed by atoms with Gasteiger partial charge in [0, 0.05) is 0 Å². The summed E-state index contributed by atoms with van der Waals surface area (Å²) < 4.78 is 0. The Hall–Kier alpha value is -0.520. The van der Waals surface area contributed by atoms with Gasteiger partial charge in [-0.05, 0) is 49.7 Å². The first-order valence-electron chi connectivity index (χ1n) is 9.94. The summed E-state index contributed by atoms with van der Waals surface area (Å²) in [6, 6.07) is 0. The van der Waals surface area contributed by atoms with Gasteiger partial charge in [-0.1, -0.05) is 91.2 Å². The van der Waals surface area contributed by atoms with E-state index in [0.29, 0.717) is 11.8 Å². The van der Waals surface area contributed by atoms with E-state index in [1.165, 1.54) is 64.2 Å². The number of allylic oxidation sites excluding steroid dienone is 4. The zero-order chi connectivity index (χ0) is 16.8. The Morgan fingerprint density at radius 2 is 1.00 bits per heavy atom. The average Bonchev–Trinajstić information content (AvgIpc) is 2.52. The van der Waals surface area contributed by atoms with Gasteiger partial charge in [-0.3, -0.25) is 0 Å². The fraction of sp³-hybridized carbons (Fsp3) is 0.818. The van der Waals surface area contributed by atoms with Gasteiger partial charge in [-0.25, -0.2) is 0 Å². The van der Waals surface area contributed by atoms with Crippen molar-refractivity contribution in [1.82, 2.24) is 0 Å². The first-order valence-corrected chi connectivity index (χ1v) is 9.94. The molecule has 0 aliphatic carbocycles. The third-order valence-corrected chi connectivity index (χ3v) is 5.00. The topological polar surface area (TPSA) is 0 Å². The lowest BCUT2D eigenvalue weighted by atomic mass is 9.82. The lowest BCUT2D eigenvalue weighted by molar-refractivity contribution is 0.510. The summed E-state index contributed by atoms with van der Waals surface area (Å²) in [4.78, 5) is 0. The maximum Gasteiger partial charge on any atom is -0.0191 e. The zero-order valence-electron chi connectivity index (χ0n) is 16.4. The van der Waals surface area contributed by atoms with Gasteiger partial charge in [0.1, 0.15) is 0 Å². The van der Waals surface area contributed by atoms with Crippen LogP contribution in [-0.4, -0.2) is 0 Å². The number of unbranched alkanes of at least 4 members (excludes halogenated alkanes) is 6. The third kappa shape index (κ3) is 8.81. The minimum atomic E-state index is 0.714. The summed E-state index contributed by atoms with van der Waals surface area (Å²) in [5.41, 5.74) is 3.23. The van der Waals surface area contributed by atoms with Gasteiger partial charge < -0.3 is 0 Å². The van der Waals surface area contributed by atoms with E-state index in [2.05, 4.69) is 53.7 Å². The molecule has 0 saturated heterocycles. The largest absolute Gasteiger partial charge is 0.0839 e. The van der Waals surface area contributed by atoms with Crippen LogP contribution in [0.25, 0.3) is 0 Å². The summed E-state index contributed by atoms with van der Waals surface area (Å²) in [5, 5.41) is 0. The molecule has 0 aromatic heterocycles. The van der Waals surface area contributed by atoms with Crippen LogP contribution in [0.2, 0.25) is 0 Å². The smallest absolute Gasteiger partial charge is 0.0191 e. The number of hydrogen-bond donors (Lipinski definition) is 0. The fourth-order valence-corrected chi connectivity index (χ4v) is 3.54. The van der Waals surface area contributed by atoms with Crippen LogP contribution in [0.15, 0.2) is 23.3 Å². The first-order chi connectivity index (χ1) is 10.6. The van der Waals surface area contributed by atoms with E-state index in [0.717, 1.165) is 0 Å². The van der Waals surface area contributed by atoms with Crippen LogP contribution < -0.4 is 0 Å². The monoisotopic (exact) mass is 306 g/mol. The van der Waals surface area contributed by atoms with E-state index in [1.807, 2.05) is 0 Å². The van der Waals surface area contributed by atoms with Crippen molar-refractivity contribution < 1.29 is 0 Å². The Kier molecular flexibility index (Phi) is 13.8. The molecule has 0 N–H and O–H groups in total. The average molecular weight is 307 g/mol. The molecule has 2 atom stereocenters. The highest BCUT2D eigenvalue weighted by molar-refractivity contribution is 5.33. The van der Waals surface area contributed by atoms with Gasteiger partial charge in [-0.2, -0.15) is 0 Å². The van der Waals surface area contributed by atoms with Crippen LogP contribution in [0.5, 0.6) is 0 Å². The first kappa shape index (κ1) is 21.5. The molecule has 0 fully saturated rings. The SMILES string of the molecule is CC=C(C(=CC)C(C)CCCCCC)C(C)CCCCCC. The molecular formula is C22H42. The zero-order valence-corrected chi connectivity index (χ0v) is 16.4. The molecule has 0 nitrogen and oxygen atoms in total. The summed E-state index contributed by atoms with van der Waals surface area (Å²) in [5.74, 6) is 1.43. The Bertz CT molecular complexity index is 276. The van der Waals surface area contributed by atoms with Crippen LogP contribution in [0.3, 0.4) is 0 Å². The maximum absolute atomic E-state index is 2.43. The van der Waals surface area contributed by atoms with Crippen LogP contribution in [0.1, 0.15) is 106 Å². The van der Waals surface area contributed by atoms with Gasteiger partial charge in [0.25, 0.3) is 0 Å². The van der Waals surface area contributed by atoms with Crippen molar-refractivity contribution in [3.8, 4) is 0 Å². The number of rotatable bonds is 13. The molecular weight excluding hydrogens is 264 g/mol. The molecule has 0 amide bonds. The van der Waals surface area contributed by atoms with E-state index in [-0.39, 0.29) is 0 Å². The van der Waals surface area contributed by atoms with Crippen molar-refractivity contribution in [3.05, 3.63) is 23.3 Å². The summed E-state index contributed by atoms with van der Waals surface area (Å²) in [7, 11) is 0. The van der Waals surface area contributed by atoms with Crippen LogP contribution in [0.4, 0.5) is 0 Å².